The lowest BCUT2D eigenvalue weighted by atomic mass is 10.2. The molecular formula is C15H15NO2. The number of aryl methyl sites for hydroxylation is 1. The maximum atomic E-state index is 9.78. The van der Waals surface area contributed by atoms with Gasteiger partial charge in [-0.2, -0.15) is 0 Å². The Morgan fingerprint density at radius 3 is 2.67 bits per heavy atom. The Hall–Kier alpha value is -2.29. The third kappa shape index (κ3) is 2.88. The van der Waals surface area contributed by atoms with Gasteiger partial charge in [-0.05, 0) is 36.8 Å². The van der Waals surface area contributed by atoms with E-state index in [1.54, 1.807) is 31.5 Å². The zero-order valence-electron chi connectivity index (χ0n) is 10.4. The van der Waals surface area contributed by atoms with Crippen LogP contribution >= 0.6 is 0 Å². The summed E-state index contributed by atoms with van der Waals surface area (Å²) in [7, 11) is 1.56. The summed E-state index contributed by atoms with van der Waals surface area (Å²) in [6.45, 7) is 2.02. The van der Waals surface area contributed by atoms with Crippen molar-refractivity contribution in [1.82, 2.24) is 0 Å². The minimum absolute atomic E-state index is 0.158. The maximum absolute atomic E-state index is 9.78. The Labute approximate surface area is 106 Å². The number of phenols is 1. The van der Waals surface area contributed by atoms with Crippen molar-refractivity contribution in [2.75, 3.05) is 7.11 Å². The molecule has 0 aromatic heterocycles. The highest BCUT2D eigenvalue weighted by molar-refractivity contribution is 5.85. The Morgan fingerprint density at radius 2 is 2.00 bits per heavy atom. The van der Waals surface area contributed by atoms with E-state index in [1.807, 2.05) is 31.2 Å². The molecule has 0 saturated heterocycles. The van der Waals surface area contributed by atoms with Crippen LogP contribution in [0.5, 0.6) is 11.5 Å². The zero-order chi connectivity index (χ0) is 13.0. The molecule has 0 unspecified atom stereocenters. The predicted octanol–water partition coefficient (Wildman–Crippen LogP) is 3.46. The van der Waals surface area contributed by atoms with E-state index >= 15 is 0 Å². The molecule has 0 aliphatic heterocycles. The van der Waals surface area contributed by atoms with Crippen LogP contribution in [0.1, 0.15) is 11.1 Å². The van der Waals surface area contributed by atoms with Gasteiger partial charge < -0.3 is 9.84 Å². The fourth-order valence-corrected chi connectivity index (χ4v) is 1.61. The van der Waals surface area contributed by atoms with Crippen LogP contribution in [0.25, 0.3) is 0 Å². The largest absolute Gasteiger partial charge is 0.507 e. The molecule has 92 valence electrons. The van der Waals surface area contributed by atoms with Crippen LogP contribution in [0.3, 0.4) is 0 Å². The first-order valence-corrected chi connectivity index (χ1v) is 5.67. The second kappa shape index (κ2) is 5.36. The highest BCUT2D eigenvalue weighted by atomic mass is 16.5. The van der Waals surface area contributed by atoms with E-state index in [9.17, 15) is 5.11 Å². The van der Waals surface area contributed by atoms with Crippen LogP contribution < -0.4 is 4.74 Å². The van der Waals surface area contributed by atoms with Gasteiger partial charge in [0.15, 0.2) is 0 Å². The highest BCUT2D eigenvalue weighted by Gasteiger charge is 2.00. The Kier molecular flexibility index (Phi) is 3.63. The predicted molar refractivity (Wildman–Crippen MR) is 73.1 cm³/mol. The van der Waals surface area contributed by atoms with E-state index in [0.29, 0.717) is 11.3 Å². The zero-order valence-corrected chi connectivity index (χ0v) is 10.4. The lowest BCUT2D eigenvalue weighted by Gasteiger charge is -2.02. The maximum Gasteiger partial charge on any atom is 0.128 e. The molecule has 0 radical (unpaired) electrons. The van der Waals surface area contributed by atoms with Crippen LogP contribution in [-0.2, 0) is 0 Å². The number of phenolic OH excluding ortho intramolecular Hbond substituents is 1. The molecule has 2 aromatic rings. The molecule has 0 atom stereocenters. The van der Waals surface area contributed by atoms with E-state index in [2.05, 4.69) is 4.99 Å². The number of hydrogen-bond donors (Lipinski definition) is 1. The summed E-state index contributed by atoms with van der Waals surface area (Å²) < 4.78 is 5.02. The van der Waals surface area contributed by atoms with Gasteiger partial charge in [0.1, 0.15) is 11.5 Å². The molecule has 3 nitrogen and oxygen atoms in total. The highest BCUT2D eigenvalue weighted by Crippen LogP contribution is 2.22. The monoisotopic (exact) mass is 241 g/mol. The first-order valence-electron chi connectivity index (χ1n) is 5.67. The molecule has 2 rings (SSSR count). The van der Waals surface area contributed by atoms with E-state index in [0.717, 1.165) is 11.3 Å². The quantitative estimate of drug-likeness (QED) is 0.836. The van der Waals surface area contributed by atoms with Crippen molar-refractivity contribution in [3.8, 4) is 11.5 Å². The van der Waals surface area contributed by atoms with Gasteiger partial charge >= 0.3 is 0 Å². The fourth-order valence-electron chi connectivity index (χ4n) is 1.61. The number of aromatic hydroxyl groups is 1. The Bertz CT molecular complexity index is 576. The summed E-state index contributed by atoms with van der Waals surface area (Å²) in [4.78, 5) is 4.33. The Morgan fingerprint density at radius 1 is 1.17 bits per heavy atom. The van der Waals surface area contributed by atoms with Crippen molar-refractivity contribution < 1.29 is 9.84 Å². The third-order valence-corrected chi connectivity index (χ3v) is 2.59. The minimum Gasteiger partial charge on any atom is -0.507 e. The molecule has 18 heavy (non-hydrogen) atoms. The molecule has 0 spiro atoms. The van der Waals surface area contributed by atoms with E-state index < -0.39 is 0 Å². The molecule has 0 aliphatic rings. The van der Waals surface area contributed by atoms with Gasteiger partial charge in [-0.1, -0.05) is 12.1 Å². The summed E-state index contributed by atoms with van der Waals surface area (Å²) in [6, 6.07) is 13.0. The number of nitrogens with zero attached hydrogens (tertiary/aromatic N) is 1. The topological polar surface area (TPSA) is 41.8 Å². The van der Waals surface area contributed by atoms with Crippen molar-refractivity contribution in [2.45, 2.75) is 6.92 Å². The fraction of sp³-hybridized carbons (Fsp3) is 0.133. The number of hydrogen-bond acceptors (Lipinski definition) is 3. The molecule has 0 bridgehead atoms. The van der Waals surface area contributed by atoms with E-state index in [1.165, 1.54) is 0 Å². The molecule has 1 N–H and O–H groups in total. The van der Waals surface area contributed by atoms with Gasteiger partial charge in [0.2, 0.25) is 0 Å². The number of aliphatic imine (C=N–C) groups is 1. The van der Waals surface area contributed by atoms with E-state index in [-0.39, 0.29) is 5.75 Å². The lowest BCUT2D eigenvalue weighted by molar-refractivity contribution is 0.407. The van der Waals surface area contributed by atoms with Crippen molar-refractivity contribution in [2.24, 2.45) is 4.99 Å². The van der Waals surface area contributed by atoms with E-state index in [4.69, 9.17) is 4.74 Å². The van der Waals surface area contributed by atoms with Gasteiger partial charge in [0.25, 0.3) is 0 Å². The molecule has 3 heteroatoms. The van der Waals surface area contributed by atoms with Crippen LogP contribution in [0.15, 0.2) is 47.5 Å². The molecule has 2 aromatic carbocycles. The smallest absolute Gasteiger partial charge is 0.128 e. The number of benzene rings is 2. The van der Waals surface area contributed by atoms with Gasteiger partial charge in [-0.3, -0.25) is 4.99 Å². The van der Waals surface area contributed by atoms with Crippen molar-refractivity contribution in [3.63, 3.8) is 0 Å². The number of ether oxygens (including phenoxy) is 1. The average Bonchev–Trinajstić information content (AvgIpc) is 2.37. The lowest BCUT2D eigenvalue weighted by Crippen LogP contribution is -1.86. The van der Waals surface area contributed by atoms with Gasteiger partial charge in [0.05, 0.1) is 12.8 Å². The van der Waals surface area contributed by atoms with Gasteiger partial charge in [-0.25, -0.2) is 0 Å². The normalized spacial score (nSPS) is 10.8. The van der Waals surface area contributed by atoms with Crippen molar-refractivity contribution >= 4 is 11.9 Å². The van der Waals surface area contributed by atoms with Crippen molar-refractivity contribution in [1.29, 1.82) is 0 Å². The second-order valence-electron chi connectivity index (χ2n) is 4.02. The molecular weight excluding hydrogens is 226 g/mol. The summed E-state index contributed by atoms with van der Waals surface area (Å²) in [5.74, 6) is 0.783. The minimum atomic E-state index is 0.158. The van der Waals surface area contributed by atoms with Crippen LogP contribution in [0.4, 0.5) is 5.69 Å². The van der Waals surface area contributed by atoms with Gasteiger partial charge in [-0.15, -0.1) is 0 Å². The summed E-state index contributed by atoms with van der Waals surface area (Å²) >= 11 is 0. The number of rotatable bonds is 3. The summed E-state index contributed by atoms with van der Waals surface area (Å²) in [5, 5.41) is 9.78. The molecule has 0 fully saturated rings. The summed E-state index contributed by atoms with van der Waals surface area (Å²) in [5.41, 5.74) is 2.69. The molecule has 0 heterocycles. The molecule has 0 amide bonds. The SMILES string of the molecule is COc1ccc(C=Nc2cccc(C)c2)c(O)c1. The first-order chi connectivity index (χ1) is 8.69. The van der Waals surface area contributed by atoms with Crippen molar-refractivity contribution in [3.05, 3.63) is 53.6 Å². The standard InChI is InChI=1S/C15H15NO2/c1-11-4-3-5-13(8-11)16-10-12-6-7-14(18-2)9-15(12)17/h3-10,17H,1-2H3. The number of methoxy groups -OCH3 is 1. The summed E-state index contributed by atoms with van der Waals surface area (Å²) in [6.07, 6.45) is 1.64. The van der Waals surface area contributed by atoms with Crippen LogP contribution in [0.2, 0.25) is 0 Å². The second-order valence-corrected chi connectivity index (χ2v) is 4.02. The Balaban J connectivity index is 2.23. The van der Waals surface area contributed by atoms with Crippen LogP contribution in [-0.4, -0.2) is 18.4 Å². The van der Waals surface area contributed by atoms with Gasteiger partial charge in [0, 0.05) is 17.8 Å². The first kappa shape index (κ1) is 12.2. The third-order valence-electron chi connectivity index (χ3n) is 2.59. The van der Waals surface area contributed by atoms with Crippen LogP contribution in [0, 0.1) is 6.92 Å². The molecule has 0 saturated carbocycles. The molecule has 0 aliphatic carbocycles. The average molecular weight is 241 g/mol.